The van der Waals surface area contributed by atoms with Gasteiger partial charge in [-0.2, -0.15) is 0 Å². The minimum absolute atomic E-state index is 0.138. The number of aryl methyl sites for hydroxylation is 1. The number of rotatable bonds is 2. The summed E-state index contributed by atoms with van der Waals surface area (Å²) in [4.78, 5) is 12.8. The summed E-state index contributed by atoms with van der Waals surface area (Å²) in [6, 6.07) is 8.51. The van der Waals surface area contributed by atoms with Crippen LogP contribution in [-0.4, -0.2) is 11.9 Å². The zero-order valence-corrected chi connectivity index (χ0v) is 12.5. The molecule has 2 aromatic carbocycles. The van der Waals surface area contributed by atoms with E-state index in [0.717, 1.165) is 0 Å². The van der Waals surface area contributed by atoms with E-state index in [0.29, 0.717) is 45.6 Å². The maximum Gasteiger partial charge on any atom is 0.231 e. The van der Waals surface area contributed by atoms with Gasteiger partial charge in [0.05, 0.1) is 10.9 Å². The number of phenols is 1. The van der Waals surface area contributed by atoms with E-state index in [1.165, 1.54) is 12.3 Å². The fourth-order valence-electron chi connectivity index (χ4n) is 2.76. The highest BCUT2D eigenvalue weighted by Crippen LogP contribution is 2.35. The Morgan fingerprint density at radius 2 is 1.96 bits per heavy atom. The van der Waals surface area contributed by atoms with Gasteiger partial charge in [0, 0.05) is 6.07 Å². The highest BCUT2D eigenvalue weighted by Gasteiger charge is 2.17. The van der Waals surface area contributed by atoms with Gasteiger partial charge in [-0.25, -0.2) is 0 Å². The van der Waals surface area contributed by atoms with Crippen molar-refractivity contribution in [1.82, 2.24) is 0 Å². The fourth-order valence-corrected chi connectivity index (χ4v) is 2.76. The van der Waals surface area contributed by atoms with Crippen molar-refractivity contribution in [2.24, 2.45) is 0 Å². The SMILES string of the molecule is CCc1cc2c(=O)c(-c3ccc4c(c3)OCO4)coc2cc1O. The van der Waals surface area contributed by atoms with Gasteiger partial charge in [0.25, 0.3) is 0 Å². The van der Waals surface area contributed by atoms with Gasteiger partial charge in [-0.05, 0) is 35.7 Å². The lowest BCUT2D eigenvalue weighted by atomic mass is 10.0. The first-order valence-electron chi connectivity index (χ1n) is 7.35. The molecule has 0 aliphatic carbocycles. The van der Waals surface area contributed by atoms with Crippen molar-refractivity contribution < 1.29 is 19.0 Å². The molecule has 0 saturated carbocycles. The Kier molecular flexibility index (Phi) is 3.01. The first kappa shape index (κ1) is 13.7. The smallest absolute Gasteiger partial charge is 0.231 e. The summed E-state index contributed by atoms with van der Waals surface area (Å²) in [5.74, 6) is 1.41. The molecule has 1 aromatic heterocycles. The van der Waals surface area contributed by atoms with Crippen LogP contribution in [0.25, 0.3) is 22.1 Å². The lowest BCUT2D eigenvalue weighted by molar-refractivity contribution is 0.174. The first-order valence-corrected chi connectivity index (χ1v) is 7.35. The fraction of sp³-hybridized carbons (Fsp3) is 0.167. The Morgan fingerprint density at radius 3 is 2.78 bits per heavy atom. The zero-order chi connectivity index (χ0) is 16.0. The van der Waals surface area contributed by atoms with Gasteiger partial charge in [0.15, 0.2) is 11.5 Å². The summed E-state index contributed by atoms with van der Waals surface area (Å²) in [6.07, 6.45) is 2.04. The minimum Gasteiger partial charge on any atom is -0.508 e. The van der Waals surface area contributed by atoms with E-state index in [1.54, 1.807) is 24.3 Å². The predicted molar refractivity (Wildman–Crippen MR) is 85.1 cm³/mol. The third-order valence-corrected chi connectivity index (χ3v) is 4.04. The Morgan fingerprint density at radius 1 is 1.13 bits per heavy atom. The second-order valence-electron chi connectivity index (χ2n) is 5.38. The van der Waals surface area contributed by atoms with E-state index < -0.39 is 0 Å². The van der Waals surface area contributed by atoms with Crippen LogP contribution in [0.5, 0.6) is 17.2 Å². The number of phenolic OH excluding ortho intramolecular Hbond substituents is 1. The molecule has 0 fully saturated rings. The second kappa shape index (κ2) is 5.05. The zero-order valence-electron chi connectivity index (χ0n) is 12.5. The number of hydrogen-bond acceptors (Lipinski definition) is 5. The van der Waals surface area contributed by atoms with E-state index in [9.17, 15) is 9.90 Å². The third-order valence-electron chi connectivity index (χ3n) is 4.04. The van der Waals surface area contributed by atoms with E-state index in [2.05, 4.69) is 0 Å². The largest absolute Gasteiger partial charge is 0.508 e. The molecule has 3 aromatic rings. The highest BCUT2D eigenvalue weighted by atomic mass is 16.7. The van der Waals surface area contributed by atoms with Crippen LogP contribution in [0, 0.1) is 0 Å². The molecule has 0 amide bonds. The molecule has 5 heteroatoms. The van der Waals surface area contributed by atoms with Crippen LogP contribution < -0.4 is 14.9 Å². The molecular weight excluding hydrogens is 296 g/mol. The van der Waals surface area contributed by atoms with Crippen molar-refractivity contribution >= 4 is 11.0 Å². The first-order chi connectivity index (χ1) is 11.2. The van der Waals surface area contributed by atoms with E-state index in [1.807, 2.05) is 6.92 Å². The molecule has 5 nitrogen and oxygen atoms in total. The van der Waals surface area contributed by atoms with Gasteiger partial charge in [-0.1, -0.05) is 13.0 Å². The van der Waals surface area contributed by atoms with Crippen molar-refractivity contribution in [3.8, 4) is 28.4 Å². The number of benzene rings is 2. The lowest BCUT2D eigenvalue weighted by Crippen LogP contribution is -2.05. The molecule has 1 N–H and O–H groups in total. The molecule has 0 bridgehead atoms. The maximum atomic E-state index is 12.8. The predicted octanol–water partition coefficient (Wildman–Crippen LogP) is 3.46. The van der Waals surface area contributed by atoms with Crippen LogP contribution in [0.4, 0.5) is 0 Å². The summed E-state index contributed by atoms with van der Waals surface area (Å²) >= 11 is 0. The number of hydrogen-bond donors (Lipinski definition) is 1. The molecule has 2 heterocycles. The van der Waals surface area contributed by atoms with Crippen LogP contribution >= 0.6 is 0 Å². The van der Waals surface area contributed by atoms with Gasteiger partial charge < -0.3 is 19.0 Å². The molecule has 4 rings (SSSR count). The summed E-state index contributed by atoms with van der Waals surface area (Å²) in [5.41, 5.74) is 2.10. The standard InChI is InChI=1S/C18H14O5/c1-2-10-5-12-16(7-14(10)19)21-8-13(18(12)20)11-3-4-15-17(6-11)23-9-22-15/h3-8,19H,2,9H2,1H3. The van der Waals surface area contributed by atoms with Crippen LogP contribution in [0.3, 0.4) is 0 Å². The molecule has 0 radical (unpaired) electrons. The van der Waals surface area contributed by atoms with E-state index >= 15 is 0 Å². The van der Waals surface area contributed by atoms with Gasteiger partial charge in [0.2, 0.25) is 12.2 Å². The van der Waals surface area contributed by atoms with Crippen LogP contribution in [-0.2, 0) is 6.42 Å². The van der Waals surface area contributed by atoms with Crippen molar-refractivity contribution in [2.75, 3.05) is 6.79 Å². The van der Waals surface area contributed by atoms with Crippen LogP contribution in [0.15, 0.2) is 45.8 Å². The van der Waals surface area contributed by atoms with Gasteiger partial charge in [0.1, 0.15) is 17.6 Å². The topological polar surface area (TPSA) is 68.9 Å². The minimum atomic E-state index is -0.139. The van der Waals surface area contributed by atoms with Crippen LogP contribution in [0.2, 0.25) is 0 Å². The van der Waals surface area contributed by atoms with E-state index in [-0.39, 0.29) is 18.0 Å². The molecule has 0 unspecified atom stereocenters. The lowest BCUT2D eigenvalue weighted by Gasteiger charge is -2.06. The van der Waals surface area contributed by atoms with E-state index in [4.69, 9.17) is 13.9 Å². The molecule has 1 aliphatic heterocycles. The van der Waals surface area contributed by atoms with Gasteiger partial charge in [-0.15, -0.1) is 0 Å². The average molecular weight is 310 g/mol. The van der Waals surface area contributed by atoms with Gasteiger partial charge >= 0.3 is 0 Å². The van der Waals surface area contributed by atoms with Crippen LogP contribution in [0.1, 0.15) is 12.5 Å². The Balaban J connectivity index is 1.93. The Bertz CT molecular complexity index is 971. The average Bonchev–Trinajstić information content (AvgIpc) is 3.02. The summed E-state index contributed by atoms with van der Waals surface area (Å²) < 4.78 is 16.2. The number of ether oxygens (including phenoxy) is 2. The van der Waals surface area contributed by atoms with Crippen molar-refractivity contribution in [3.05, 3.63) is 52.4 Å². The normalized spacial score (nSPS) is 12.7. The summed E-state index contributed by atoms with van der Waals surface area (Å²) in [5, 5.41) is 10.4. The molecule has 1 aliphatic rings. The monoisotopic (exact) mass is 310 g/mol. The summed E-state index contributed by atoms with van der Waals surface area (Å²) in [6.45, 7) is 2.11. The third kappa shape index (κ3) is 2.12. The molecule has 0 saturated heterocycles. The Labute approximate surface area is 131 Å². The number of aromatic hydroxyl groups is 1. The quantitative estimate of drug-likeness (QED) is 0.785. The summed E-state index contributed by atoms with van der Waals surface area (Å²) in [7, 11) is 0. The molecule has 0 spiro atoms. The molecule has 23 heavy (non-hydrogen) atoms. The molecular formula is C18H14O5. The highest BCUT2D eigenvalue weighted by molar-refractivity contribution is 5.84. The molecule has 116 valence electrons. The molecule has 0 atom stereocenters. The number of fused-ring (bicyclic) bond motifs is 2. The van der Waals surface area contributed by atoms with Crippen molar-refractivity contribution in [2.45, 2.75) is 13.3 Å². The van der Waals surface area contributed by atoms with Crippen molar-refractivity contribution in [3.63, 3.8) is 0 Å². The van der Waals surface area contributed by atoms with Crippen molar-refractivity contribution in [1.29, 1.82) is 0 Å². The maximum absolute atomic E-state index is 12.8. The second-order valence-corrected chi connectivity index (χ2v) is 5.38. The Hall–Kier alpha value is -2.95. The van der Waals surface area contributed by atoms with Gasteiger partial charge in [-0.3, -0.25) is 4.79 Å².